The van der Waals surface area contributed by atoms with E-state index in [1.54, 1.807) is 0 Å². The molecule has 6 heteroatoms. The van der Waals surface area contributed by atoms with Gasteiger partial charge in [-0.15, -0.1) is 0 Å². The van der Waals surface area contributed by atoms with E-state index in [0.29, 0.717) is 25.8 Å². The first-order valence-electron chi connectivity index (χ1n) is 10.7. The zero-order chi connectivity index (χ0) is 20.8. The largest absolute Gasteiger partial charge is 0.379 e. The van der Waals surface area contributed by atoms with Crippen LogP contribution in [0.2, 0.25) is 0 Å². The molecule has 0 radical (unpaired) electrons. The Morgan fingerprint density at radius 3 is 2.60 bits per heavy atom. The molecule has 1 fully saturated rings. The molecule has 4 rings (SSSR count). The van der Waals surface area contributed by atoms with Crippen LogP contribution in [0.3, 0.4) is 0 Å². The van der Waals surface area contributed by atoms with Gasteiger partial charge in [-0.2, -0.15) is 0 Å². The van der Waals surface area contributed by atoms with Gasteiger partial charge in [-0.25, -0.2) is 0 Å². The van der Waals surface area contributed by atoms with Crippen LogP contribution in [0.1, 0.15) is 29.5 Å². The fourth-order valence-electron chi connectivity index (χ4n) is 4.02. The summed E-state index contributed by atoms with van der Waals surface area (Å²) in [5.41, 5.74) is 4.38. The molecule has 6 nitrogen and oxygen atoms in total. The average Bonchev–Trinajstić information content (AvgIpc) is 2.78. The zero-order valence-electron chi connectivity index (χ0n) is 17.2. The molecule has 2 aliphatic rings. The molecule has 0 saturated carbocycles. The van der Waals surface area contributed by atoms with Crippen LogP contribution in [0, 0.1) is 5.92 Å². The number of hydrogen-bond donors (Lipinski definition) is 2. The summed E-state index contributed by atoms with van der Waals surface area (Å²) in [5.74, 6) is -0.151. The van der Waals surface area contributed by atoms with Gasteiger partial charge in [-0.05, 0) is 35.6 Å². The highest BCUT2D eigenvalue weighted by Gasteiger charge is 2.26. The first-order valence-corrected chi connectivity index (χ1v) is 10.7. The number of rotatable bonds is 7. The van der Waals surface area contributed by atoms with Gasteiger partial charge in [0, 0.05) is 44.2 Å². The number of fused-ring (bicyclic) bond motifs is 1. The van der Waals surface area contributed by atoms with Crippen LogP contribution in [-0.4, -0.2) is 43.0 Å². The van der Waals surface area contributed by atoms with E-state index in [0.717, 1.165) is 49.7 Å². The minimum Gasteiger partial charge on any atom is -0.379 e. The van der Waals surface area contributed by atoms with E-state index in [9.17, 15) is 9.59 Å². The molecule has 1 atom stereocenters. The summed E-state index contributed by atoms with van der Waals surface area (Å²) in [6.45, 7) is 5.00. The minimum atomic E-state index is -0.148. The fourth-order valence-corrected chi connectivity index (χ4v) is 4.02. The lowest BCUT2D eigenvalue weighted by Crippen LogP contribution is -2.35. The molecule has 0 aromatic heterocycles. The molecular weight excluding hydrogens is 378 g/mol. The van der Waals surface area contributed by atoms with Gasteiger partial charge in [-0.3, -0.25) is 14.5 Å². The zero-order valence-corrected chi connectivity index (χ0v) is 17.2. The molecular formula is C24H29N3O3. The maximum Gasteiger partial charge on any atom is 0.227 e. The lowest BCUT2D eigenvalue weighted by Gasteiger charge is -2.26. The molecule has 0 unspecified atom stereocenters. The Kier molecular flexibility index (Phi) is 6.77. The topological polar surface area (TPSA) is 70.7 Å². The van der Waals surface area contributed by atoms with E-state index < -0.39 is 0 Å². The van der Waals surface area contributed by atoms with Gasteiger partial charge in [-0.1, -0.05) is 42.5 Å². The number of anilines is 1. The Hall–Kier alpha value is -2.70. The molecule has 30 heavy (non-hydrogen) atoms. The molecule has 158 valence electrons. The van der Waals surface area contributed by atoms with Crippen LogP contribution >= 0.6 is 0 Å². The third kappa shape index (κ3) is 5.46. The number of para-hydroxylation sites is 1. The van der Waals surface area contributed by atoms with Gasteiger partial charge in [0.15, 0.2) is 0 Å². The van der Waals surface area contributed by atoms with Gasteiger partial charge in [0.05, 0.1) is 13.2 Å². The SMILES string of the molecule is O=C(CC[C@H]1Cc2ccccc2NC1=O)NCc1ccc(CN2CCOCC2)cc1. The van der Waals surface area contributed by atoms with Crippen molar-refractivity contribution in [1.29, 1.82) is 0 Å². The maximum absolute atomic E-state index is 12.3. The summed E-state index contributed by atoms with van der Waals surface area (Å²) in [7, 11) is 0. The summed E-state index contributed by atoms with van der Waals surface area (Å²) >= 11 is 0. The number of carbonyl (C=O) groups excluding carboxylic acids is 2. The van der Waals surface area contributed by atoms with Crippen molar-refractivity contribution < 1.29 is 14.3 Å². The van der Waals surface area contributed by atoms with Crippen LogP contribution in [0.5, 0.6) is 0 Å². The Morgan fingerprint density at radius 2 is 1.80 bits per heavy atom. The number of ether oxygens (including phenoxy) is 1. The van der Waals surface area contributed by atoms with Gasteiger partial charge in [0.1, 0.15) is 0 Å². The monoisotopic (exact) mass is 407 g/mol. The van der Waals surface area contributed by atoms with Crippen LogP contribution < -0.4 is 10.6 Å². The predicted molar refractivity (Wildman–Crippen MR) is 116 cm³/mol. The van der Waals surface area contributed by atoms with Crippen LogP contribution in [-0.2, 0) is 33.8 Å². The highest BCUT2D eigenvalue weighted by atomic mass is 16.5. The second-order valence-corrected chi connectivity index (χ2v) is 8.07. The van der Waals surface area contributed by atoms with Crippen molar-refractivity contribution in [3.63, 3.8) is 0 Å². The molecule has 1 saturated heterocycles. The normalized spacial score (nSPS) is 19.1. The highest BCUT2D eigenvalue weighted by Crippen LogP contribution is 2.27. The first-order chi connectivity index (χ1) is 14.7. The van der Waals surface area contributed by atoms with Crippen molar-refractivity contribution in [2.45, 2.75) is 32.4 Å². The second kappa shape index (κ2) is 9.87. The molecule has 2 heterocycles. The number of hydrogen-bond acceptors (Lipinski definition) is 4. The molecule has 2 aliphatic heterocycles. The number of amides is 2. The van der Waals surface area contributed by atoms with Crippen molar-refractivity contribution >= 4 is 17.5 Å². The third-order valence-corrected chi connectivity index (χ3v) is 5.85. The van der Waals surface area contributed by atoms with Gasteiger partial charge in [0.2, 0.25) is 11.8 Å². The number of morpholine rings is 1. The number of nitrogens with one attached hydrogen (secondary N) is 2. The Morgan fingerprint density at radius 1 is 1.07 bits per heavy atom. The van der Waals surface area contributed by atoms with E-state index in [1.807, 2.05) is 24.3 Å². The third-order valence-electron chi connectivity index (χ3n) is 5.85. The lowest BCUT2D eigenvalue weighted by molar-refractivity contribution is -0.122. The van der Waals surface area contributed by atoms with Crippen molar-refractivity contribution in [3.8, 4) is 0 Å². The Balaban J connectivity index is 1.20. The molecule has 2 amide bonds. The van der Waals surface area contributed by atoms with Gasteiger partial charge in [0.25, 0.3) is 0 Å². The summed E-state index contributed by atoms with van der Waals surface area (Å²) in [4.78, 5) is 26.9. The average molecular weight is 408 g/mol. The number of carbonyl (C=O) groups is 2. The smallest absolute Gasteiger partial charge is 0.227 e. The summed E-state index contributed by atoms with van der Waals surface area (Å²) in [6, 6.07) is 16.2. The van der Waals surface area contributed by atoms with E-state index in [-0.39, 0.29) is 17.7 Å². The minimum absolute atomic E-state index is 0.0114. The molecule has 2 aromatic rings. The first kappa shape index (κ1) is 20.6. The summed E-state index contributed by atoms with van der Waals surface area (Å²) in [5, 5.41) is 5.92. The van der Waals surface area contributed by atoms with Gasteiger partial charge >= 0.3 is 0 Å². The molecule has 2 aromatic carbocycles. The maximum atomic E-state index is 12.3. The number of benzene rings is 2. The van der Waals surface area contributed by atoms with Crippen LogP contribution in [0.25, 0.3) is 0 Å². The number of nitrogens with zero attached hydrogens (tertiary/aromatic N) is 1. The van der Waals surface area contributed by atoms with Crippen LogP contribution in [0.4, 0.5) is 5.69 Å². The standard InChI is InChI=1S/C24H29N3O3/c28-23(10-9-21-15-20-3-1-2-4-22(20)26-24(21)29)25-16-18-5-7-19(8-6-18)17-27-11-13-30-14-12-27/h1-8,21H,9-17H2,(H,25,28)(H,26,29)/t21-/m0/s1. The van der Waals surface area contributed by atoms with Crippen LogP contribution in [0.15, 0.2) is 48.5 Å². The molecule has 2 N–H and O–H groups in total. The van der Waals surface area contributed by atoms with Crippen molar-refractivity contribution in [3.05, 3.63) is 65.2 Å². The quantitative estimate of drug-likeness (QED) is 0.740. The summed E-state index contributed by atoms with van der Waals surface area (Å²) < 4.78 is 5.39. The highest BCUT2D eigenvalue weighted by molar-refractivity contribution is 5.96. The Labute approximate surface area is 177 Å². The molecule has 0 spiro atoms. The van der Waals surface area contributed by atoms with Crippen molar-refractivity contribution in [2.75, 3.05) is 31.6 Å². The predicted octanol–water partition coefficient (Wildman–Crippen LogP) is 2.73. The summed E-state index contributed by atoms with van der Waals surface area (Å²) in [6.07, 6.45) is 1.61. The van der Waals surface area contributed by atoms with E-state index >= 15 is 0 Å². The molecule has 0 aliphatic carbocycles. The van der Waals surface area contributed by atoms with Crippen molar-refractivity contribution in [1.82, 2.24) is 10.2 Å². The lowest BCUT2D eigenvalue weighted by atomic mass is 9.89. The van der Waals surface area contributed by atoms with E-state index in [4.69, 9.17) is 4.74 Å². The Bertz CT molecular complexity index is 876. The van der Waals surface area contributed by atoms with Gasteiger partial charge < -0.3 is 15.4 Å². The van der Waals surface area contributed by atoms with E-state index in [1.165, 1.54) is 5.56 Å². The van der Waals surface area contributed by atoms with Crippen molar-refractivity contribution in [2.24, 2.45) is 5.92 Å². The second-order valence-electron chi connectivity index (χ2n) is 8.07. The fraction of sp³-hybridized carbons (Fsp3) is 0.417. The van der Waals surface area contributed by atoms with E-state index in [2.05, 4.69) is 39.8 Å². The molecule has 0 bridgehead atoms.